The molecule has 0 aromatic rings. The monoisotopic (exact) mass is 562 g/mol. The number of thiol groups is 1. The van der Waals surface area contributed by atoms with Crippen LogP contribution < -0.4 is 22.1 Å². The van der Waals surface area contributed by atoms with Gasteiger partial charge in [0.2, 0.25) is 17.7 Å². The van der Waals surface area contributed by atoms with E-state index in [0.29, 0.717) is 0 Å². The first-order valence-electron chi connectivity index (χ1n) is 7.54. The zero-order valence-electron chi connectivity index (χ0n) is 15.8. The molecule has 0 fully saturated rings. The Morgan fingerprint density at radius 2 is 1.53 bits per heavy atom. The van der Waals surface area contributed by atoms with Gasteiger partial charge in [0.1, 0.15) is 18.6 Å². The predicted octanol–water partition coefficient (Wildman–Crippen LogP) is -4.39. The van der Waals surface area contributed by atoms with Gasteiger partial charge >= 0.3 is 22.3 Å². The maximum atomic E-state index is 11.5. The minimum absolute atomic E-state index is 0. The fraction of sp³-hybridized carbons (Fsp3) is 0.462. The molecule has 0 aliphatic heterocycles. The maximum Gasteiger partial charge on any atom is 0.394 e. The van der Waals surface area contributed by atoms with Gasteiger partial charge in [0.05, 0.1) is 0 Å². The summed E-state index contributed by atoms with van der Waals surface area (Å²) in [5, 5.41) is 21.4. The quantitative estimate of drug-likeness (QED) is 0.0528. The Morgan fingerprint density at radius 1 is 1.12 bits per heavy atom. The minimum atomic E-state index is -4.67. The number of hydrogen-bond donors (Lipinski definition) is 9. The first-order valence-corrected chi connectivity index (χ1v) is 9.57. The molecule has 0 aromatic heterocycles. The van der Waals surface area contributed by atoms with Crippen LogP contribution in [0.15, 0.2) is 12.7 Å². The smallest absolute Gasteiger partial charge is 0.394 e. The summed E-state index contributed by atoms with van der Waals surface area (Å²) >= 11 is 3.87. The Labute approximate surface area is 210 Å². The second kappa shape index (κ2) is 22.5. The van der Waals surface area contributed by atoms with Crippen molar-refractivity contribution in [1.29, 1.82) is 0 Å². The summed E-state index contributed by atoms with van der Waals surface area (Å²) in [4.78, 5) is 53.2. The van der Waals surface area contributed by atoms with Gasteiger partial charge < -0.3 is 32.3 Å². The number of primary amides is 1. The molecule has 2 atom stereocenters. The molecular formula is C13H27AlFeN4O11S2. The molecule has 32 heavy (non-hydrogen) atoms. The molecule has 0 radical (unpaired) electrons. The van der Waals surface area contributed by atoms with Crippen molar-refractivity contribution in [2.45, 2.75) is 24.9 Å². The normalized spacial score (nSPS) is 11.0. The fourth-order valence-electron chi connectivity index (χ4n) is 1.16. The third kappa shape index (κ3) is 35.7. The standard InChI is InChI=1S/C10H17N3O6S.C3H5NO.Al.Fe.H2O4S.3H/c11-5(10(18)19)1-2-7(14)13-6(4-20)9(17)12-3-8(15)16;1-2-3(4)5;;;1-5(2,3)4;;;/h5-6,20H,1-4,11H2,(H,12,17)(H,13,14)(H,15,16)(H,18,19);2H,1H2,(H2,4,5);;;(H2,1,2,3,4);;;. The van der Waals surface area contributed by atoms with E-state index in [2.05, 4.69) is 35.6 Å². The van der Waals surface area contributed by atoms with E-state index in [1.807, 2.05) is 0 Å². The van der Waals surface area contributed by atoms with E-state index in [1.54, 1.807) is 0 Å². The van der Waals surface area contributed by atoms with Crippen LogP contribution >= 0.6 is 12.6 Å². The summed E-state index contributed by atoms with van der Waals surface area (Å²) in [5.41, 5.74) is 9.76. The van der Waals surface area contributed by atoms with Crippen molar-refractivity contribution in [2.24, 2.45) is 11.5 Å². The topological polar surface area (TPSA) is 277 Å². The summed E-state index contributed by atoms with van der Waals surface area (Å²) in [7, 11) is -4.67. The number of carbonyl (C=O) groups excluding carboxylic acids is 3. The number of carboxylic acids is 2. The Bertz CT molecular complexity index is 717. The van der Waals surface area contributed by atoms with Crippen LogP contribution in [0.1, 0.15) is 12.8 Å². The van der Waals surface area contributed by atoms with Crippen LogP contribution in [0, 0.1) is 0 Å². The van der Waals surface area contributed by atoms with Crippen molar-refractivity contribution in [3.8, 4) is 0 Å². The largest absolute Gasteiger partial charge is 0.480 e. The van der Waals surface area contributed by atoms with Gasteiger partial charge in [-0.25, -0.2) is 0 Å². The minimum Gasteiger partial charge on any atom is -0.480 e. The SMILES string of the molecule is C=CC(N)=O.NC(CCC(=O)NC(CS)C(=O)NCC(=O)O)C(=O)O.O=S(=O)(O)O.[AlH3].[Fe]. The van der Waals surface area contributed by atoms with Gasteiger partial charge in [-0.3, -0.25) is 33.1 Å². The van der Waals surface area contributed by atoms with Crippen molar-refractivity contribution in [3.05, 3.63) is 12.7 Å². The molecule has 0 aliphatic carbocycles. The van der Waals surface area contributed by atoms with Crippen LogP contribution in [0.25, 0.3) is 0 Å². The summed E-state index contributed by atoms with van der Waals surface area (Å²) in [6.07, 6.45) is 0.821. The first-order chi connectivity index (χ1) is 13.5. The predicted molar refractivity (Wildman–Crippen MR) is 115 cm³/mol. The molecule has 10 N–H and O–H groups in total. The van der Waals surface area contributed by atoms with Gasteiger partial charge in [-0.15, -0.1) is 0 Å². The molecule has 188 valence electrons. The van der Waals surface area contributed by atoms with Crippen molar-refractivity contribution in [2.75, 3.05) is 12.3 Å². The molecule has 2 unspecified atom stereocenters. The molecule has 0 saturated heterocycles. The van der Waals surface area contributed by atoms with Crippen molar-refractivity contribution < 1.29 is 68.8 Å². The van der Waals surface area contributed by atoms with E-state index in [1.165, 1.54) is 0 Å². The molecule has 19 heteroatoms. The molecule has 0 bridgehead atoms. The first kappa shape index (κ1) is 40.7. The van der Waals surface area contributed by atoms with Gasteiger partial charge in [-0.2, -0.15) is 21.0 Å². The number of hydrogen-bond acceptors (Lipinski definition) is 9. The summed E-state index contributed by atoms with van der Waals surface area (Å²) in [5.74, 6) is -4.19. The molecule has 15 nitrogen and oxygen atoms in total. The second-order valence-corrected chi connectivity index (χ2v) is 6.21. The van der Waals surface area contributed by atoms with E-state index >= 15 is 0 Å². The molecule has 0 aliphatic rings. The van der Waals surface area contributed by atoms with E-state index < -0.39 is 58.7 Å². The average molecular weight is 562 g/mol. The van der Waals surface area contributed by atoms with Crippen molar-refractivity contribution in [3.63, 3.8) is 0 Å². The Hall–Kier alpha value is -1.68. The zero-order chi connectivity index (χ0) is 24.5. The maximum absolute atomic E-state index is 11.5. The average Bonchev–Trinajstić information content (AvgIpc) is 2.60. The Kier molecular flexibility index (Phi) is 28.6. The van der Waals surface area contributed by atoms with Gasteiger partial charge in [-0.1, -0.05) is 6.58 Å². The van der Waals surface area contributed by atoms with E-state index in [9.17, 15) is 24.0 Å². The third-order valence-corrected chi connectivity index (χ3v) is 2.81. The van der Waals surface area contributed by atoms with E-state index in [0.717, 1.165) is 6.08 Å². The van der Waals surface area contributed by atoms with Crippen LogP contribution in [-0.4, -0.2) is 99.1 Å². The number of nitrogens with two attached hydrogens (primary N) is 2. The van der Waals surface area contributed by atoms with Crippen LogP contribution in [0.3, 0.4) is 0 Å². The van der Waals surface area contributed by atoms with Crippen LogP contribution in [-0.2, 0) is 51.4 Å². The Morgan fingerprint density at radius 3 is 1.81 bits per heavy atom. The zero-order valence-corrected chi connectivity index (χ0v) is 18.6. The van der Waals surface area contributed by atoms with Crippen molar-refractivity contribution in [1.82, 2.24) is 10.6 Å². The van der Waals surface area contributed by atoms with Crippen LogP contribution in [0.5, 0.6) is 0 Å². The number of aliphatic carboxylic acids is 2. The number of carboxylic acid groups (broad SMARTS) is 2. The second-order valence-electron chi connectivity index (χ2n) is 4.95. The summed E-state index contributed by atoms with van der Waals surface area (Å²) < 4.78 is 31.6. The fourth-order valence-corrected chi connectivity index (χ4v) is 1.41. The van der Waals surface area contributed by atoms with Crippen LogP contribution in [0.4, 0.5) is 0 Å². The molecule has 3 amide bonds. The van der Waals surface area contributed by atoms with Gasteiger partial charge in [0, 0.05) is 29.2 Å². The summed E-state index contributed by atoms with van der Waals surface area (Å²) in [6, 6.07) is -2.15. The number of rotatable bonds is 10. The molecule has 0 heterocycles. The number of carbonyl (C=O) groups is 5. The van der Waals surface area contributed by atoms with Gasteiger partial charge in [-0.05, 0) is 12.5 Å². The van der Waals surface area contributed by atoms with Gasteiger partial charge in [0.15, 0.2) is 17.4 Å². The van der Waals surface area contributed by atoms with E-state index in [4.69, 9.17) is 33.5 Å². The Balaban J connectivity index is -0.000000169. The van der Waals surface area contributed by atoms with Gasteiger partial charge in [0.25, 0.3) is 0 Å². The molecule has 0 aromatic carbocycles. The molecule has 0 saturated carbocycles. The molecule has 0 spiro atoms. The molecular weight excluding hydrogens is 535 g/mol. The third-order valence-electron chi connectivity index (χ3n) is 2.45. The number of amides is 3. The van der Waals surface area contributed by atoms with Crippen molar-refractivity contribution >= 4 is 70.0 Å². The van der Waals surface area contributed by atoms with E-state index in [-0.39, 0.29) is 53.0 Å². The number of nitrogens with one attached hydrogen (secondary N) is 2. The summed E-state index contributed by atoms with van der Waals surface area (Å²) in [6.45, 7) is 2.52. The molecule has 0 rings (SSSR count). The van der Waals surface area contributed by atoms with Crippen LogP contribution in [0.2, 0.25) is 0 Å².